The number of hydrogen-bond acceptors (Lipinski definition) is 2. The number of aromatic nitrogens is 1. The number of fused-ring (bicyclic) bond motifs is 1. The zero-order valence-corrected chi connectivity index (χ0v) is 12.8. The minimum atomic E-state index is -0.0331. The summed E-state index contributed by atoms with van der Waals surface area (Å²) in [5, 5.41) is 13.5. The highest BCUT2D eigenvalue weighted by Gasteiger charge is 2.25. The van der Waals surface area contributed by atoms with E-state index in [9.17, 15) is 9.90 Å². The number of aliphatic hydroxyl groups is 1. The van der Waals surface area contributed by atoms with Crippen molar-refractivity contribution in [1.82, 2.24) is 10.3 Å². The predicted molar refractivity (Wildman–Crippen MR) is 87.8 cm³/mol. The Bertz CT molecular complexity index is 629. The maximum absolute atomic E-state index is 12.7. The van der Waals surface area contributed by atoms with E-state index in [0.717, 1.165) is 23.7 Å². The highest BCUT2D eigenvalue weighted by atomic mass is 16.3. The normalized spacial score (nSPS) is 17.5. The molecule has 4 heteroatoms. The lowest BCUT2D eigenvalue weighted by molar-refractivity contribution is 0.0901. The van der Waals surface area contributed by atoms with Crippen LogP contribution < -0.4 is 5.32 Å². The fourth-order valence-corrected chi connectivity index (χ4v) is 3.63. The van der Waals surface area contributed by atoms with E-state index in [1.807, 2.05) is 30.5 Å². The summed E-state index contributed by atoms with van der Waals surface area (Å²) in [4.78, 5) is 15.8. The lowest BCUT2D eigenvalue weighted by Crippen LogP contribution is -2.41. The van der Waals surface area contributed by atoms with Crippen LogP contribution in [0.3, 0.4) is 0 Å². The third-order valence-electron chi connectivity index (χ3n) is 4.82. The van der Waals surface area contributed by atoms with Gasteiger partial charge in [-0.25, -0.2) is 0 Å². The Morgan fingerprint density at radius 1 is 1.27 bits per heavy atom. The molecule has 1 fully saturated rings. The summed E-state index contributed by atoms with van der Waals surface area (Å²) in [6, 6.07) is 7.74. The number of nitrogens with one attached hydrogen (secondary N) is 2. The average Bonchev–Trinajstić information content (AvgIpc) is 3.03. The molecule has 0 aliphatic heterocycles. The zero-order valence-electron chi connectivity index (χ0n) is 12.8. The molecule has 1 aliphatic rings. The maximum Gasteiger partial charge on any atom is 0.252 e. The number of rotatable bonds is 5. The Morgan fingerprint density at radius 3 is 2.86 bits per heavy atom. The minimum Gasteiger partial charge on any atom is -0.396 e. The minimum absolute atomic E-state index is 0.0331. The van der Waals surface area contributed by atoms with E-state index < -0.39 is 0 Å². The fourth-order valence-electron chi connectivity index (χ4n) is 3.63. The molecule has 4 nitrogen and oxygen atoms in total. The second-order valence-electron chi connectivity index (χ2n) is 6.23. The molecule has 1 heterocycles. The van der Waals surface area contributed by atoms with Crippen LogP contribution in [0.1, 0.15) is 48.9 Å². The second kappa shape index (κ2) is 6.97. The van der Waals surface area contributed by atoms with E-state index in [1.54, 1.807) is 0 Å². The van der Waals surface area contributed by atoms with E-state index >= 15 is 0 Å². The van der Waals surface area contributed by atoms with Gasteiger partial charge in [0, 0.05) is 35.3 Å². The number of aromatic amines is 1. The molecular formula is C18H24N2O2. The van der Waals surface area contributed by atoms with Gasteiger partial charge in [0.1, 0.15) is 0 Å². The third-order valence-corrected chi connectivity index (χ3v) is 4.82. The van der Waals surface area contributed by atoms with Crippen LogP contribution >= 0.6 is 0 Å². The third kappa shape index (κ3) is 3.17. The summed E-state index contributed by atoms with van der Waals surface area (Å²) in [5.41, 5.74) is 1.68. The van der Waals surface area contributed by atoms with Crippen LogP contribution in [0.25, 0.3) is 10.9 Å². The predicted octanol–water partition coefficient (Wildman–Crippen LogP) is 3.23. The van der Waals surface area contributed by atoms with E-state index in [0.29, 0.717) is 17.9 Å². The van der Waals surface area contributed by atoms with Crippen LogP contribution in [0.5, 0.6) is 0 Å². The van der Waals surface area contributed by atoms with Gasteiger partial charge in [0.25, 0.3) is 5.91 Å². The molecule has 1 aliphatic carbocycles. The fraction of sp³-hybridized carbons (Fsp3) is 0.500. The van der Waals surface area contributed by atoms with Crippen molar-refractivity contribution in [3.8, 4) is 0 Å². The summed E-state index contributed by atoms with van der Waals surface area (Å²) < 4.78 is 0. The number of H-pyrrole nitrogens is 1. The molecule has 1 aromatic carbocycles. The van der Waals surface area contributed by atoms with Crippen LogP contribution in [-0.2, 0) is 0 Å². The van der Waals surface area contributed by atoms with Gasteiger partial charge in [0.15, 0.2) is 0 Å². The van der Waals surface area contributed by atoms with Gasteiger partial charge >= 0.3 is 0 Å². The van der Waals surface area contributed by atoms with Crippen molar-refractivity contribution in [3.05, 3.63) is 36.0 Å². The van der Waals surface area contributed by atoms with Crippen molar-refractivity contribution in [2.24, 2.45) is 5.92 Å². The van der Waals surface area contributed by atoms with Crippen LogP contribution in [0, 0.1) is 5.92 Å². The Balaban J connectivity index is 1.76. The van der Waals surface area contributed by atoms with Crippen molar-refractivity contribution < 1.29 is 9.90 Å². The molecule has 1 unspecified atom stereocenters. The summed E-state index contributed by atoms with van der Waals surface area (Å²) in [5.74, 6) is 0.463. The zero-order chi connectivity index (χ0) is 15.4. The van der Waals surface area contributed by atoms with Crippen LogP contribution in [-0.4, -0.2) is 28.6 Å². The number of hydrogen-bond donors (Lipinski definition) is 3. The van der Waals surface area contributed by atoms with Crippen LogP contribution in [0.4, 0.5) is 0 Å². The molecule has 1 saturated carbocycles. The molecule has 1 aromatic heterocycles. The molecule has 1 amide bonds. The first-order valence-electron chi connectivity index (χ1n) is 8.27. The Kier molecular flexibility index (Phi) is 4.78. The summed E-state index contributed by atoms with van der Waals surface area (Å²) >= 11 is 0. The maximum atomic E-state index is 12.7. The van der Waals surface area contributed by atoms with Crippen molar-refractivity contribution >= 4 is 16.8 Å². The molecule has 3 N–H and O–H groups in total. The number of carbonyl (C=O) groups excluding carboxylic acids is 1. The Labute approximate surface area is 130 Å². The van der Waals surface area contributed by atoms with Gasteiger partial charge in [-0.15, -0.1) is 0 Å². The van der Waals surface area contributed by atoms with Gasteiger partial charge in [-0.3, -0.25) is 4.79 Å². The van der Waals surface area contributed by atoms with E-state index in [4.69, 9.17) is 0 Å². The van der Waals surface area contributed by atoms with E-state index in [2.05, 4.69) is 10.3 Å². The number of aliphatic hydroxyl groups excluding tert-OH is 1. The monoisotopic (exact) mass is 300 g/mol. The smallest absolute Gasteiger partial charge is 0.252 e. The molecule has 0 spiro atoms. The molecular weight excluding hydrogens is 276 g/mol. The van der Waals surface area contributed by atoms with Crippen molar-refractivity contribution in [3.63, 3.8) is 0 Å². The molecule has 2 aromatic rings. The van der Waals surface area contributed by atoms with Crippen molar-refractivity contribution in [2.75, 3.05) is 6.61 Å². The van der Waals surface area contributed by atoms with Gasteiger partial charge < -0.3 is 15.4 Å². The summed E-state index contributed by atoms with van der Waals surface area (Å²) in [7, 11) is 0. The lowest BCUT2D eigenvalue weighted by Gasteiger charge is -2.30. The van der Waals surface area contributed by atoms with Crippen LogP contribution in [0.15, 0.2) is 30.5 Å². The Hall–Kier alpha value is -1.81. The quantitative estimate of drug-likeness (QED) is 0.793. The molecule has 22 heavy (non-hydrogen) atoms. The first-order chi connectivity index (χ1) is 10.8. The summed E-state index contributed by atoms with van der Waals surface area (Å²) in [6.07, 6.45) is 8.55. The number of carbonyl (C=O) groups is 1. The van der Waals surface area contributed by atoms with Gasteiger partial charge in [0.2, 0.25) is 0 Å². The van der Waals surface area contributed by atoms with Gasteiger partial charge in [0.05, 0.1) is 0 Å². The number of benzene rings is 1. The standard InChI is InChI=1S/C18H24N2O2/c21-12-10-16(13-5-2-1-3-6-13)20-18(22)15-7-4-8-17-14(15)9-11-19-17/h4,7-9,11,13,16,19,21H,1-3,5-6,10,12H2,(H,20,22). The van der Waals surface area contributed by atoms with Crippen molar-refractivity contribution in [2.45, 2.75) is 44.6 Å². The second-order valence-corrected chi connectivity index (χ2v) is 6.23. The van der Waals surface area contributed by atoms with Gasteiger partial charge in [-0.1, -0.05) is 25.3 Å². The topological polar surface area (TPSA) is 65.1 Å². The SMILES string of the molecule is O=C(NC(CCO)C1CCCCC1)c1cccc2[nH]ccc12. The molecule has 0 radical (unpaired) electrons. The first kappa shape index (κ1) is 15.1. The summed E-state index contributed by atoms with van der Waals surface area (Å²) in [6.45, 7) is 0.121. The highest BCUT2D eigenvalue weighted by Crippen LogP contribution is 2.28. The van der Waals surface area contributed by atoms with Crippen LogP contribution in [0.2, 0.25) is 0 Å². The van der Waals surface area contributed by atoms with Gasteiger partial charge in [-0.05, 0) is 43.4 Å². The Morgan fingerprint density at radius 2 is 2.09 bits per heavy atom. The molecule has 0 saturated heterocycles. The lowest BCUT2D eigenvalue weighted by atomic mass is 9.82. The first-order valence-corrected chi connectivity index (χ1v) is 8.27. The van der Waals surface area contributed by atoms with Gasteiger partial charge in [-0.2, -0.15) is 0 Å². The molecule has 1 atom stereocenters. The largest absolute Gasteiger partial charge is 0.396 e. The van der Waals surface area contributed by atoms with E-state index in [-0.39, 0.29) is 18.6 Å². The van der Waals surface area contributed by atoms with Crippen molar-refractivity contribution in [1.29, 1.82) is 0 Å². The van der Waals surface area contributed by atoms with E-state index in [1.165, 1.54) is 19.3 Å². The molecule has 118 valence electrons. The molecule has 3 rings (SSSR count). The highest BCUT2D eigenvalue weighted by molar-refractivity contribution is 6.06. The number of amides is 1. The average molecular weight is 300 g/mol. The molecule has 0 bridgehead atoms.